The quantitative estimate of drug-likeness (QED) is 0.893. The molecule has 0 saturated carbocycles. The van der Waals surface area contributed by atoms with Gasteiger partial charge in [0.15, 0.2) is 0 Å². The normalized spacial score (nSPS) is 22.3. The van der Waals surface area contributed by atoms with Gasteiger partial charge >= 0.3 is 0 Å². The van der Waals surface area contributed by atoms with Crippen LogP contribution >= 0.6 is 11.6 Å². The second-order valence-corrected chi connectivity index (χ2v) is 7.10. The van der Waals surface area contributed by atoms with Crippen LogP contribution in [0.25, 0.3) is 10.9 Å². The van der Waals surface area contributed by atoms with Crippen LogP contribution in [0.15, 0.2) is 30.5 Å². The van der Waals surface area contributed by atoms with Gasteiger partial charge in [0.1, 0.15) is 0 Å². The summed E-state index contributed by atoms with van der Waals surface area (Å²) >= 11 is 6.31. The number of nitrogens with one attached hydrogen (secondary N) is 1. The summed E-state index contributed by atoms with van der Waals surface area (Å²) in [5, 5.41) is 5.62. The molecule has 0 aliphatic carbocycles. The van der Waals surface area contributed by atoms with Crippen LogP contribution in [0.5, 0.6) is 0 Å². The minimum absolute atomic E-state index is 0.229. The first kappa shape index (κ1) is 14.8. The molecular weight excluding hydrogens is 280 g/mol. The van der Waals surface area contributed by atoms with Gasteiger partial charge in [-0.25, -0.2) is 0 Å². The highest BCUT2D eigenvalue weighted by molar-refractivity contribution is 6.35. The van der Waals surface area contributed by atoms with Crippen LogP contribution in [-0.2, 0) is 6.42 Å². The summed E-state index contributed by atoms with van der Waals surface area (Å²) in [5.74, 6) is 0.696. The van der Waals surface area contributed by atoms with Crippen molar-refractivity contribution in [2.75, 3.05) is 6.54 Å². The number of hydrogen-bond acceptors (Lipinski definition) is 2. The van der Waals surface area contributed by atoms with Gasteiger partial charge in [0, 0.05) is 22.1 Å². The minimum Gasteiger partial charge on any atom is -0.311 e. The van der Waals surface area contributed by atoms with E-state index in [4.69, 9.17) is 11.6 Å². The second kappa shape index (κ2) is 5.94. The standard InChI is InChI=1S/C18H23ClN2/c1-13(2)11-18(8-4-10-21-18)12-14-6-7-16(19)15-5-3-9-20-17(14)15/h3,5-7,9,13,21H,4,8,10-12H2,1-2H3. The lowest BCUT2D eigenvalue weighted by Crippen LogP contribution is -2.43. The summed E-state index contributed by atoms with van der Waals surface area (Å²) in [7, 11) is 0. The third kappa shape index (κ3) is 3.07. The number of benzene rings is 1. The van der Waals surface area contributed by atoms with Gasteiger partial charge in [0.25, 0.3) is 0 Å². The van der Waals surface area contributed by atoms with Crippen LogP contribution < -0.4 is 5.32 Å². The van der Waals surface area contributed by atoms with Crippen LogP contribution in [0.1, 0.15) is 38.7 Å². The summed E-state index contributed by atoms with van der Waals surface area (Å²) in [6.07, 6.45) is 6.63. The number of nitrogens with zero attached hydrogens (tertiary/aromatic N) is 1. The molecule has 3 heteroatoms. The molecule has 112 valence electrons. The van der Waals surface area contributed by atoms with Crippen molar-refractivity contribution < 1.29 is 0 Å². The van der Waals surface area contributed by atoms with E-state index in [1.165, 1.54) is 24.8 Å². The summed E-state index contributed by atoms with van der Waals surface area (Å²) in [5.41, 5.74) is 2.60. The van der Waals surface area contributed by atoms with E-state index in [-0.39, 0.29) is 5.54 Å². The maximum Gasteiger partial charge on any atom is 0.0749 e. The van der Waals surface area contributed by atoms with Crippen LogP contribution in [0.3, 0.4) is 0 Å². The highest BCUT2D eigenvalue weighted by Crippen LogP contribution is 2.33. The fraction of sp³-hybridized carbons (Fsp3) is 0.500. The van der Waals surface area contributed by atoms with Gasteiger partial charge in [-0.05, 0) is 61.9 Å². The molecule has 2 heterocycles. The molecule has 0 radical (unpaired) electrons. The van der Waals surface area contributed by atoms with Crippen molar-refractivity contribution in [2.24, 2.45) is 5.92 Å². The van der Waals surface area contributed by atoms with E-state index in [9.17, 15) is 0 Å². The fourth-order valence-corrected chi connectivity index (χ4v) is 3.97. The van der Waals surface area contributed by atoms with E-state index >= 15 is 0 Å². The van der Waals surface area contributed by atoms with Crippen molar-refractivity contribution in [3.63, 3.8) is 0 Å². The minimum atomic E-state index is 0.229. The molecule has 1 saturated heterocycles. The Balaban J connectivity index is 1.98. The molecule has 2 nitrogen and oxygen atoms in total. The van der Waals surface area contributed by atoms with Crippen molar-refractivity contribution in [1.82, 2.24) is 10.3 Å². The lowest BCUT2D eigenvalue weighted by atomic mass is 9.81. The summed E-state index contributed by atoms with van der Waals surface area (Å²) in [6.45, 7) is 5.74. The molecular formula is C18H23ClN2. The third-order valence-electron chi connectivity index (χ3n) is 4.46. The van der Waals surface area contributed by atoms with E-state index in [0.29, 0.717) is 5.92 Å². The molecule has 1 aromatic heterocycles. The Morgan fingerprint density at radius 3 is 2.90 bits per heavy atom. The van der Waals surface area contributed by atoms with E-state index in [0.717, 1.165) is 28.9 Å². The molecule has 21 heavy (non-hydrogen) atoms. The number of hydrogen-bond donors (Lipinski definition) is 1. The molecule has 1 unspecified atom stereocenters. The molecule has 3 rings (SSSR count). The van der Waals surface area contributed by atoms with E-state index in [1.54, 1.807) is 0 Å². The zero-order valence-corrected chi connectivity index (χ0v) is 13.6. The predicted octanol–water partition coefficient (Wildman–Crippen LogP) is 4.60. The summed E-state index contributed by atoms with van der Waals surface area (Å²) < 4.78 is 0. The first-order valence-electron chi connectivity index (χ1n) is 7.87. The fourth-order valence-electron chi connectivity index (χ4n) is 3.75. The first-order valence-corrected chi connectivity index (χ1v) is 8.25. The smallest absolute Gasteiger partial charge is 0.0749 e. The zero-order valence-electron chi connectivity index (χ0n) is 12.8. The Bertz CT molecular complexity index is 630. The van der Waals surface area contributed by atoms with Crippen LogP contribution in [0.2, 0.25) is 5.02 Å². The van der Waals surface area contributed by atoms with Crippen molar-refractivity contribution in [2.45, 2.75) is 45.1 Å². The average Bonchev–Trinajstić information content (AvgIpc) is 2.90. The van der Waals surface area contributed by atoms with Gasteiger partial charge in [0.05, 0.1) is 5.52 Å². The second-order valence-electron chi connectivity index (χ2n) is 6.69. The summed E-state index contributed by atoms with van der Waals surface area (Å²) in [6, 6.07) is 8.18. The molecule has 1 fully saturated rings. The predicted molar refractivity (Wildman–Crippen MR) is 89.9 cm³/mol. The SMILES string of the molecule is CC(C)CC1(Cc2ccc(Cl)c3cccnc23)CCCN1. The van der Waals surface area contributed by atoms with E-state index in [2.05, 4.69) is 36.3 Å². The molecule has 0 amide bonds. The Morgan fingerprint density at radius 2 is 2.19 bits per heavy atom. The first-order chi connectivity index (χ1) is 10.1. The van der Waals surface area contributed by atoms with Gasteiger partial charge in [0.2, 0.25) is 0 Å². The van der Waals surface area contributed by atoms with Gasteiger partial charge in [-0.3, -0.25) is 4.98 Å². The lowest BCUT2D eigenvalue weighted by molar-refractivity contribution is 0.302. The van der Waals surface area contributed by atoms with Crippen molar-refractivity contribution in [1.29, 1.82) is 0 Å². The largest absolute Gasteiger partial charge is 0.311 e. The molecule has 1 atom stereocenters. The molecule has 1 N–H and O–H groups in total. The van der Waals surface area contributed by atoms with Crippen LogP contribution in [0, 0.1) is 5.92 Å². The van der Waals surface area contributed by atoms with E-state index < -0.39 is 0 Å². The maximum absolute atomic E-state index is 6.31. The number of aromatic nitrogens is 1. The molecule has 0 bridgehead atoms. The maximum atomic E-state index is 6.31. The van der Waals surface area contributed by atoms with Gasteiger partial charge in [-0.2, -0.15) is 0 Å². The topological polar surface area (TPSA) is 24.9 Å². The Hall–Kier alpha value is -1.12. The highest BCUT2D eigenvalue weighted by Gasteiger charge is 2.34. The van der Waals surface area contributed by atoms with Crippen LogP contribution in [-0.4, -0.2) is 17.1 Å². The van der Waals surface area contributed by atoms with Crippen LogP contribution in [0.4, 0.5) is 0 Å². The Kier molecular flexibility index (Phi) is 4.19. The number of pyridine rings is 1. The van der Waals surface area contributed by atoms with Gasteiger partial charge < -0.3 is 5.32 Å². The van der Waals surface area contributed by atoms with Crippen molar-refractivity contribution in [3.8, 4) is 0 Å². The molecule has 0 spiro atoms. The lowest BCUT2D eigenvalue weighted by Gasteiger charge is -2.32. The monoisotopic (exact) mass is 302 g/mol. The molecule has 2 aromatic rings. The zero-order chi connectivity index (χ0) is 14.9. The highest BCUT2D eigenvalue weighted by atomic mass is 35.5. The van der Waals surface area contributed by atoms with Crippen molar-refractivity contribution in [3.05, 3.63) is 41.0 Å². The average molecular weight is 303 g/mol. The number of rotatable bonds is 4. The van der Waals surface area contributed by atoms with Gasteiger partial charge in [-0.1, -0.05) is 31.5 Å². The Labute approximate surface area is 131 Å². The third-order valence-corrected chi connectivity index (χ3v) is 4.79. The summed E-state index contributed by atoms with van der Waals surface area (Å²) in [4.78, 5) is 4.58. The Morgan fingerprint density at radius 1 is 1.33 bits per heavy atom. The molecule has 1 aliphatic heterocycles. The molecule has 1 aromatic carbocycles. The van der Waals surface area contributed by atoms with E-state index in [1.807, 2.05) is 18.3 Å². The number of fused-ring (bicyclic) bond motifs is 1. The van der Waals surface area contributed by atoms with Crippen molar-refractivity contribution >= 4 is 22.5 Å². The number of halogens is 1. The molecule has 1 aliphatic rings. The van der Waals surface area contributed by atoms with Gasteiger partial charge in [-0.15, -0.1) is 0 Å².